The quantitative estimate of drug-likeness (QED) is 0.667. The molecule has 0 unspecified atom stereocenters. The van der Waals surface area contributed by atoms with Crippen molar-refractivity contribution in [3.63, 3.8) is 0 Å². The topological polar surface area (TPSA) is 90.0 Å². The lowest BCUT2D eigenvalue weighted by Crippen LogP contribution is -2.14. The van der Waals surface area contributed by atoms with Crippen LogP contribution in [0.1, 0.15) is 45.5 Å². The van der Waals surface area contributed by atoms with Crippen molar-refractivity contribution in [3.05, 3.63) is 64.9 Å². The summed E-state index contributed by atoms with van der Waals surface area (Å²) in [6.45, 7) is 2.11. The van der Waals surface area contributed by atoms with Crippen molar-refractivity contribution in [1.82, 2.24) is 9.55 Å². The molecule has 26 heavy (non-hydrogen) atoms. The van der Waals surface area contributed by atoms with Gasteiger partial charge in [0.1, 0.15) is 4.88 Å². The van der Waals surface area contributed by atoms with Gasteiger partial charge in [0, 0.05) is 23.6 Å². The van der Waals surface area contributed by atoms with Gasteiger partial charge in [-0.1, -0.05) is 24.7 Å². The highest BCUT2D eigenvalue weighted by Crippen LogP contribution is 2.25. The van der Waals surface area contributed by atoms with Crippen LogP contribution >= 0.6 is 11.3 Å². The molecule has 3 rings (SSSR count). The lowest BCUT2D eigenvalue weighted by Gasteiger charge is -2.05. The molecule has 0 saturated heterocycles. The molecule has 0 atom stereocenters. The molecule has 0 fully saturated rings. The van der Waals surface area contributed by atoms with Crippen LogP contribution in [0, 0.1) is 0 Å². The van der Waals surface area contributed by atoms with Crippen LogP contribution in [0.4, 0.5) is 5.69 Å². The van der Waals surface area contributed by atoms with Crippen molar-refractivity contribution < 1.29 is 9.59 Å². The number of nitrogens with two attached hydrogens (primary N) is 1. The fourth-order valence-corrected chi connectivity index (χ4v) is 3.48. The van der Waals surface area contributed by atoms with Crippen molar-refractivity contribution >= 4 is 28.8 Å². The predicted molar refractivity (Wildman–Crippen MR) is 103 cm³/mol. The van der Waals surface area contributed by atoms with Crippen LogP contribution in [0.3, 0.4) is 0 Å². The van der Waals surface area contributed by atoms with Gasteiger partial charge in [-0.05, 0) is 49.2 Å². The van der Waals surface area contributed by atoms with E-state index in [4.69, 9.17) is 5.73 Å². The number of benzene rings is 1. The molecule has 0 saturated carbocycles. The summed E-state index contributed by atoms with van der Waals surface area (Å²) < 4.78 is 1.90. The fourth-order valence-electron chi connectivity index (χ4n) is 2.51. The van der Waals surface area contributed by atoms with Crippen molar-refractivity contribution in [2.75, 3.05) is 5.32 Å². The molecule has 0 spiro atoms. The molecule has 0 aliphatic carbocycles. The summed E-state index contributed by atoms with van der Waals surface area (Å²) in [4.78, 5) is 29.2. The zero-order chi connectivity index (χ0) is 18.5. The molecule has 7 heteroatoms. The summed E-state index contributed by atoms with van der Waals surface area (Å²) in [7, 11) is 0. The highest BCUT2D eigenvalue weighted by atomic mass is 32.1. The van der Waals surface area contributed by atoms with Crippen LogP contribution in [0.2, 0.25) is 0 Å². The van der Waals surface area contributed by atoms with Gasteiger partial charge < -0.3 is 15.6 Å². The number of hydrogen-bond donors (Lipinski definition) is 2. The van der Waals surface area contributed by atoms with Crippen LogP contribution in [0.25, 0.3) is 5.13 Å². The Balaban J connectivity index is 1.83. The second kappa shape index (κ2) is 7.97. The second-order valence-corrected chi connectivity index (χ2v) is 6.84. The summed E-state index contributed by atoms with van der Waals surface area (Å²) in [6.07, 6.45) is 6.59. The average Bonchev–Trinajstić information content (AvgIpc) is 3.30. The Morgan fingerprint density at radius 3 is 2.50 bits per heavy atom. The molecule has 0 bridgehead atoms. The van der Waals surface area contributed by atoms with Crippen LogP contribution in [0.15, 0.2) is 48.8 Å². The van der Waals surface area contributed by atoms with Crippen LogP contribution in [-0.2, 0) is 6.42 Å². The van der Waals surface area contributed by atoms with Crippen molar-refractivity contribution in [1.29, 1.82) is 0 Å². The minimum absolute atomic E-state index is 0.196. The predicted octanol–water partition coefficient (Wildman–Crippen LogP) is 3.63. The Kier molecular flexibility index (Phi) is 5.48. The number of rotatable bonds is 7. The minimum Gasteiger partial charge on any atom is -0.366 e. The maximum Gasteiger partial charge on any atom is 0.267 e. The van der Waals surface area contributed by atoms with E-state index in [-0.39, 0.29) is 5.91 Å². The summed E-state index contributed by atoms with van der Waals surface area (Å²) >= 11 is 1.37. The normalized spacial score (nSPS) is 10.7. The Labute approximate surface area is 155 Å². The third kappa shape index (κ3) is 4.00. The van der Waals surface area contributed by atoms with Gasteiger partial charge in [-0.2, -0.15) is 0 Å². The highest BCUT2D eigenvalue weighted by Gasteiger charge is 2.19. The molecule has 0 aliphatic rings. The zero-order valence-corrected chi connectivity index (χ0v) is 15.3. The Bertz CT molecular complexity index is 898. The molecule has 3 aromatic rings. The molecular formula is C19H20N4O2S. The molecule has 2 amide bonds. The van der Waals surface area contributed by atoms with Crippen LogP contribution in [-0.4, -0.2) is 21.4 Å². The third-order valence-electron chi connectivity index (χ3n) is 3.91. The number of nitrogens with one attached hydrogen (secondary N) is 1. The van der Waals surface area contributed by atoms with E-state index >= 15 is 0 Å². The molecule has 2 aromatic heterocycles. The van der Waals surface area contributed by atoms with E-state index in [0.717, 1.165) is 30.1 Å². The smallest absolute Gasteiger partial charge is 0.267 e. The number of hydrogen-bond acceptors (Lipinski definition) is 4. The van der Waals surface area contributed by atoms with E-state index in [2.05, 4.69) is 17.2 Å². The van der Waals surface area contributed by atoms with Crippen molar-refractivity contribution in [3.8, 4) is 5.13 Å². The first-order chi connectivity index (χ1) is 12.6. The summed E-state index contributed by atoms with van der Waals surface area (Å²) in [5.74, 6) is -0.692. The molecule has 134 valence electrons. The van der Waals surface area contributed by atoms with Gasteiger partial charge in [-0.3, -0.25) is 9.59 Å². The van der Waals surface area contributed by atoms with Gasteiger partial charge in [0.2, 0.25) is 5.91 Å². The number of carbonyl (C=O) groups is 2. The number of primary amides is 1. The Morgan fingerprint density at radius 2 is 1.88 bits per heavy atom. The number of aryl methyl sites for hydroxylation is 1. The molecule has 2 heterocycles. The SMILES string of the molecule is CCCCc1nc(-n2cccc2)sc1C(=O)Nc1ccc(C(N)=O)cc1. The number of thiazole rings is 1. The second-order valence-electron chi connectivity index (χ2n) is 5.86. The first-order valence-electron chi connectivity index (χ1n) is 8.42. The molecule has 1 aromatic carbocycles. The summed E-state index contributed by atoms with van der Waals surface area (Å²) in [5.41, 5.74) is 7.06. The van der Waals surface area contributed by atoms with Gasteiger partial charge in [-0.15, -0.1) is 0 Å². The Morgan fingerprint density at radius 1 is 1.19 bits per heavy atom. The molecular weight excluding hydrogens is 348 g/mol. The third-order valence-corrected chi connectivity index (χ3v) is 5.02. The maximum absolute atomic E-state index is 12.8. The standard InChI is InChI=1S/C19H20N4O2S/c1-2-3-6-15-16(26-19(22-15)23-11-4-5-12-23)18(25)21-14-9-7-13(8-10-14)17(20)24/h4-5,7-12H,2-3,6H2,1H3,(H2,20,24)(H,21,25). The molecule has 6 nitrogen and oxygen atoms in total. The van der Waals surface area contributed by atoms with E-state index in [1.54, 1.807) is 24.3 Å². The highest BCUT2D eigenvalue weighted by molar-refractivity contribution is 7.16. The summed E-state index contributed by atoms with van der Waals surface area (Å²) in [6, 6.07) is 10.4. The molecule has 3 N–H and O–H groups in total. The van der Waals surface area contributed by atoms with Crippen molar-refractivity contribution in [2.24, 2.45) is 5.73 Å². The monoisotopic (exact) mass is 368 g/mol. The lowest BCUT2D eigenvalue weighted by atomic mass is 10.1. The number of unbranched alkanes of at least 4 members (excludes halogenated alkanes) is 1. The van der Waals surface area contributed by atoms with E-state index in [1.165, 1.54) is 11.3 Å². The Hall–Kier alpha value is -2.93. The zero-order valence-electron chi connectivity index (χ0n) is 14.4. The van der Waals surface area contributed by atoms with Gasteiger partial charge in [-0.25, -0.2) is 4.98 Å². The maximum atomic E-state index is 12.8. The van der Waals surface area contributed by atoms with E-state index in [1.807, 2.05) is 29.1 Å². The van der Waals surface area contributed by atoms with Crippen LogP contribution < -0.4 is 11.1 Å². The van der Waals surface area contributed by atoms with E-state index in [9.17, 15) is 9.59 Å². The average molecular weight is 368 g/mol. The fraction of sp³-hybridized carbons (Fsp3) is 0.211. The van der Waals surface area contributed by atoms with Gasteiger partial charge in [0.25, 0.3) is 5.91 Å². The van der Waals surface area contributed by atoms with Gasteiger partial charge in [0.15, 0.2) is 5.13 Å². The van der Waals surface area contributed by atoms with Crippen molar-refractivity contribution in [2.45, 2.75) is 26.2 Å². The van der Waals surface area contributed by atoms with Crippen LogP contribution in [0.5, 0.6) is 0 Å². The first-order valence-corrected chi connectivity index (χ1v) is 9.24. The van der Waals surface area contributed by atoms with E-state index in [0.29, 0.717) is 16.1 Å². The number of aromatic nitrogens is 2. The number of nitrogens with zero attached hydrogens (tertiary/aromatic N) is 2. The molecule has 0 radical (unpaired) electrons. The lowest BCUT2D eigenvalue weighted by molar-refractivity contribution is 0.0998. The first kappa shape index (κ1) is 17.9. The molecule has 0 aliphatic heterocycles. The number of amides is 2. The summed E-state index contributed by atoms with van der Waals surface area (Å²) in [5, 5.41) is 3.64. The van der Waals surface area contributed by atoms with E-state index < -0.39 is 5.91 Å². The van der Waals surface area contributed by atoms with Gasteiger partial charge in [0.05, 0.1) is 5.69 Å². The largest absolute Gasteiger partial charge is 0.366 e. The number of carbonyl (C=O) groups excluding carboxylic acids is 2. The minimum atomic E-state index is -0.497. The van der Waals surface area contributed by atoms with Gasteiger partial charge >= 0.3 is 0 Å². The number of anilines is 1.